The minimum Gasteiger partial charge on any atom is -0.338 e. The molecule has 0 bridgehead atoms. The highest BCUT2D eigenvalue weighted by Gasteiger charge is 2.22. The quantitative estimate of drug-likeness (QED) is 0.782. The molecule has 0 saturated heterocycles. The smallest absolute Gasteiger partial charge is 0.319 e. The Morgan fingerprint density at radius 3 is 2.50 bits per heavy atom. The fourth-order valence-electron chi connectivity index (χ4n) is 3.49. The van der Waals surface area contributed by atoms with Crippen LogP contribution >= 0.6 is 0 Å². The molecule has 1 aliphatic carbocycles. The van der Waals surface area contributed by atoms with Gasteiger partial charge in [-0.05, 0) is 66.8 Å². The molecule has 1 aliphatic heterocycles. The summed E-state index contributed by atoms with van der Waals surface area (Å²) in [7, 11) is -1.39. The normalized spacial score (nSPS) is 16.6. The molecule has 1 fully saturated rings. The van der Waals surface area contributed by atoms with Crippen molar-refractivity contribution in [3.8, 4) is 0 Å². The average molecular weight is 400 g/mol. The molecule has 2 N–H and O–H groups in total. The van der Waals surface area contributed by atoms with Crippen molar-refractivity contribution in [1.82, 2.24) is 10.2 Å². The van der Waals surface area contributed by atoms with Gasteiger partial charge in [-0.2, -0.15) is 0 Å². The van der Waals surface area contributed by atoms with Crippen LogP contribution in [0.15, 0.2) is 47.4 Å². The largest absolute Gasteiger partial charge is 0.338 e. The number of carbonyl (C=O) groups is 1. The molecule has 2 aliphatic rings. The average Bonchev–Trinajstić information content (AvgIpc) is 3.40. The first kappa shape index (κ1) is 19.0. The molecule has 0 radical (unpaired) electrons. The molecule has 0 aromatic heterocycles. The molecule has 1 saturated carbocycles. The van der Waals surface area contributed by atoms with Gasteiger partial charge in [-0.1, -0.05) is 18.2 Å². The maximum absolute atomic E-state index is 12.8. The van der Waals surface area contributed by atoms with Crippen LogP contribution in [0.5, 0.6) is 0 Å². The molecule has 148 valence electrons. The summed E-state index contributed by atoms with van der Waals surface area (Å²) in [6.45, 7) is 2.45. The number of urea groups is 1. The van der Waals surface area contributed by atoms with Crippen molar-refractivity contribution < 1.29 is 13.2 Å². The second-order valence-electron chi connectivity index (χ2n) is 7.84. The molecule has 6 nitrogen and oxygen atoms in total. The van der Waals surface area contributed by atoms with Crippen molar-refractivity contribution >= 4 is 21.6 Å². The van der Waals surface area contributed by atoms with E-state index in [4.69, 9.17) is 0 Å². The van der Waals surface area contributed by atoms with Crippen LogP contribution in [0.1, 0.15) is 29.5 Å². The van der Waals surface area contributed by atoms with Gasteiger partial charge in [0.05, 0.1) is 10.6 Å². The van der Waals surface area contributed by atoms with E-state index in [0.29, 0.717) is 18.2 Å². The van der Waals surface area contributed by atoms with Gasteiger partial charge in [0.2, 0.25) is 0 Å². The molecule has 1 heterocycles. The minimum atomic E-state index is -3.44. The van der Waals surface area contributed by atoms with Crippen LogP contribution in [0, 0.1) is 5.92 Å². The van der Waals surface area contributed by atoms with Gasteiger partial charge in [-0.3, -0.25) is 4.90 Å². The lowest BCUT2D eigenvalue weighted by Gasteiger charge is -2.09. The number of amides is 2. The zero-order chi connectivity index (χ0) is 19.7. The zero-order valence-corrected chi connectivity index (χ0v) is 16.8. The Hall–Kier alpha value is -2.38. The summed E-state index contributed by atoms with van der Waals surface area (Å²) in [5.41, 5.74) is 3.84. The molecule has 2 amide bonds. The molecule has 0 spiro atoms. The summed E-state index contributed by atoms with van der Waals surface area (Å²) in [5, 5.41) is 5.56. The Balaban J connectivity index is 1.40. The lowest BCUT2D eigenvalue weighted by Crippen LogP contribution is -2.30. The predicted molar refractivity (Wildman–Crippen MR) is 109 cm³/mol. The van der Waals surface area contributed by atoms with Crippen molar-refractivity contribution in [2.45, 2.75) is 36.6 Å². The van der Waals surface area contributed by atoms with Gasteiger partial charge in [0.15, 0.2) is 9.84 Å². The van der Waals surface area contributed by atoms with E-state index >= 15 is 0 Å². The maximum atomic E-state index is 12.8. The Morgan fingerprint density at radius 2 is 1.79 bits per heavy atom. The number of anilines is 1. The topological polar surface area (TPSA) is 78.5 Å². The number of carbonyl (C=O) groups excluding carboxylic acids is 1. The molecule has 7 heteroatoms. The van der Waals surface area contributed by atoms with Crippen molar-refractivity contribution in [1.29, 1.82) is 0 Å². The summed E-state index contributed by atoms with van der Waals surface area (Å²) >= 11 is 0. The standard InChI is InChI=1S/C21H25N3O3S/c1-24-12-17-5-4-16(10-18(17)13-24)14-28(26,27)20-8-6-19(7-9-20)23-21(25)22-11-15-2-3-15/h4-10,15H,2-3,11-14H2,1H3,(H2,22,23,25). The van der Waals surface area contributed by atoms with E-state index in [1.165, 1.54) is 24.0 Å². The Morgan fingerprint density at radius 1 is 1.07 bits per heavy atom. The molecule has 2 aromatic rings. The third kappa shape index (κ3) is 4.54. The summed E-state index contributed by atoms with van der Waals surface area (Å²) < 4.78 is 25.5. The summed E-state index contributed by atoms with van der Waals surface area (Å²) in [4.78, 5) is 14.3. The highest BCUT2D eigenvalue weighted by Crippen LogP contribution is 2.27. The van der Waals surface area contributed by atoms with E-state index in [-0.39, 0.29) is 16.7 Å². The van der Waals surface area contributed by atoms with E-state index in [2.05, 4.69) is 22.6 Å². The van der Waals surface area contributed by atoms with Gasteiger partial charge >= 0.3 is 6.03 Å². The van der Waals surface area contributed by atoms with E-state index < -0.39 is 9.84 Å². The SMILES string of the molecule is CN1Cc2ccc(CS(=O)(=O)c3ccc(NC(=O)NCC4CC4)cc3)cc2C1. The van der Waals surface area contributed by atoms with Gasteiger partial charge in [-0.25, -0.2) is 13.2 Å². The first-order chi connectivity index (χ1) is 13.4. The molecular formula is C21H25N3O3S. The number of sulfone groups is 1. The summed E-state index contributed by atoms with van der Waals surface area (Å²) in [5.74, 6) is 0.580. The van der Waals surface area contributed by atoms with Crippen molar-refractivity contribution in [2.24, 2.45) is 5.92 Å². The lowest BCUT2D eigenvalue weighted by atomic mass is 10.1. The van der Waals surface area contributed by atoms with Gasteiger partial charge in [-0.15, -0.1) is 0 Å². The van der Waals surface area contributed by atoms with Crippen molar-refractivity contribution in [3.05, 3.63) is 59.2 Å². The first-order valence-electron chi connectivity index (χ1n) is 9.56. The minimum absolute atomic E-state index is 0.0291. The molecule has 28 heavy (non-hydrogen) atoms. The van der Waals surface area contributed by atoms with Crippen LogP contribution in [-0.2, 0) is 28.7 Å². The van der Waals surface area contributed by atoms with Crippen molar-refractivity contribution in [2.75, 3.05) is 18.9 Å². The Labute approximate surface area is 165 Å². The molecular weight excluding hydrogens is 374 g/mol. The van der Waals surface area contributed by atoms with Gasteiger partial charge < -0.3 is 10.6 Å². The third-order valence-corrected chi connectivity index (χ3v) is 6.93. The molecule has 4 rings (SSSR count). The zero-order valence-electron chi connectivity index (χ0n) is 15.9. The first-order valence-corrected chi connectivity index (χ1v) is 11.2. The third-order valence-electron chi connectivity index (χ3n) is 5.23. The molecule has 2 aromatic carbocycles. The second kappa shape index (κ2) is 7.56. The van der Waals surface area contributed by atoms with E-state index in [1.54, 1.807) is 24.3 Å². The van der Waals surface area contributed by atoms with E-state index in [9.17, 15) is 13.2 Å². The number of rotatable bonds is 6. The number of benzene rings is 2. The van der Waals surface area contributed by atoms with Crippen LogP contribution in [0.3, 0.4) is 0 Å². The maximum Gasteiger partial charge on any atom is 0.319 e. The molecule has 0 unspecified atom stereocenters. The summed E-state index contributed by atoms with van der Waals surface area (Å²) in [6.07, 6.45) is 2.35. The highest BCUT2D eigenvalue weighted by molar-refractivity contribution is 7.90. The van der Waals surface area contributed by atoms with Gasteiger partial charge in [0.1, 0.15) is 0 Å². The van der Waals surface area contributed by atoms with Crippen LogP contribution in [0.2, 0.25) is 0 Å². The Kier molecular flexibility index (Phi) is 5.12. The van der Waals surface area contributed by atoms with Gasteiger partial charge in [0, 0.05) is 25.3 Å². The second-order valence-corrected chi connectivity index (χ2v) is 9.83. The van der Waals surface area contributed by atoms with Crippen LogP contribution < -0.4 is 10.6 Å². The highest BCUT2D eigenvalue weighted by atomic mass is 32.2. The lowest BCUT2D eigenvalue weighted by molar-refractivity contribution is 0.251. The number of hydrogen-bond acceptors (Lipinski definition) is 4. The number of nitrogens with zero attached hydrogens (tertiary/aromatic N) is 1. The number of fused-ring (bicyclic) bond motifs is 1. The van der Waals surface area contributed by atoms with Gasteiger partial charge in [0.25, 0.3) is 0 Å². The van der Waals surface area contributed by atoms with E-state index in [1.807, 2.05) is 18.2 Å². The predicted octanol–water partition coefficient (Wildman–Crippen LogP) is 3.14. The van der Waals surface area contributed by atoms with Crippen LogP contribution in [0.4, 0.5) is 10.5 Å². The monoisotopic (exact) mass is 399 g/mol. The van der Waals surface area contributed by atoms with Crippen molar-refractivity contribution in [3.63, 3.8) is 0 Å². The Bertz CT molecular complexity index is 982. The molecule has 0 atom stereocenters. The fraction of sp³-hybridized carbons (Fsp3) is 0.381. The van der Waals surface area contributed by atoms with Crippen LogP contribution in [0.25, 0.3) is 0 Å². The number of nitrogens with one attached hydrogen (secondary N) is 2. The van der Waals surface area contributed by atoms with E-state index in [0.717, 1.165) is 18.7 Å². The van der Waals surface area contributed by atoms with Crippen LogP contribution in [-0.4, -0.2) is 32.9 Å². The fourth-order valence-corrected chi connectivity index (χ4v) is 4.83. The summed E-state index contributed by atoms with van der Waals surface area (Å²) in [6, 6.07) is 12.0. The number of hydrogen-bond donors (Lipinski definition) is 2.